The number of aromatic nitrogens is 5. The molecule has 2 unspecified atom stereocenters. The van der Waals surface area contributed by atoms with Gasteiger partial charge in [0, 0.05) is 49.6 Å². The number of phenolic OH excluding ortho intramolecular Hbond substituents is 1. The van der Waals surface area contributed by atoms with E-state index in [4.69, 9.17) is 4.74 Å². The highest BCUT2D eigenvalue weighted by atomic mass is 16.5. The summed E-state index contributed by atoms with van der Waals surface area (Å²) in [6.45, 7) is 4.51. The van der Waals surface area contributed by atoms with Crippen LogP contribution in [0.3, 0.4) is 0 Å². The summed E-state index contributed by atoms with van der Waals surface area (Å²) >= 11 is 0. The zero-order valence-electron chi connectivity index (χ0n) is 16.5. The molecule has 3 N–H and O–H groups in total. The summed E-state index contributed by atoms with van der Waals surface area (Å²) in [6.07, 6.45) is 6.16. The smallest absolute Gasteiger partial charge is 0.245 e. The summed E-state index contributed by atoms with van der Waals surface area (Å²) in [5.41, 5.74) is 2.91. The van der Waals surface area contributed by atoms with Crippen molar-refractivity contribution in [3.63, 3.8) is 0 Å². The summed E-state index contributed by atoms with van der Waals surface area (Å²) in [5.74, 6) is 0.733. The molecule has 0 amide bonds. The number of ether oxygens (including phenoxy) is 1. The normalized spacial score (nSPS) is 17.6. The number of aromatic amines is 1. The molecule has 3 aromatic rings. The van der Waals surface area contributed by atoms with Gasteiger partial charge >= 0.3 is 0 Å². The summed E-state index contributed by atoms with van der Waals surface area (Å²) < 4.78 is 5.18. The Bertz CT molecular complexity index is 931. The lowest BCUT2D eigenvalue weighted by Crippen LogP contribution is -2.40. The van der Waals surface area contributed by atoms with E-state index in [1.807, 2.05) is 12.1 Å². The van der Waals surface area contributed by atoms with Crippen molar-refractivity contribution in [3.05, 3.63) is 36.8 Å². The maximum atomic E-state index is 10.4. The molecule has 1 aliphatic heterocycles. The van der Waals surface area contributed by atoms with Crippen molar-refractivity contribution in [3.8, 4) is 28.1 Å². The molecular weight excluding hydrogens is 370 g/mol. The van der Waals surface area contributed by atoms with Crippen molar-refractivity contribution >= 4 is 5.95 Å². The van der Waals surface area contributed by atoms with E-state index in [1.54, 1.807) is 31.8 Å². The Kier molecular flexibility index (Phi) is 5.68. The molecule has 29 heavy (non-hydrogen) atoms. The van der Waals surface area contributed by atoms with Gasteiger partial charge in [0.25, 0.3) is 0 Å². The number of H-pyrrole nitrogens is 1. The van der Waals surface area contributed by atoms with Crippen molar-refractivity contribution in [1.29, 1.82) is 0 Å². The van der Waals surface area contributed by atoms with Crippen LogP contribution in [-0.4, -0.2) is 69.4 Å². The van der Waals surface area contributed by atoms with Crippen LogP contribution in [0.15, 0.2) is 36.8 Å². The molecule has 0 aliphatic carbocycles. The van der Waals surface area contributed by atoms with Gasteiger partial charge in [-0.3, -0.25) is 5.10 Å². The highest BCUT2D eigenvalue weighted by Gasteiger charge is 2.25. The highest BCUT2D eigenvalue weighted by Crippen LogP contribution is 2.32. The Balaban J connectivity index is 1.43. The molecular formula is C20H25N7O2. The number of hydrogen-bond donors (Lipinski definition) is 3. The second-order valence-corrected chi connectivity index (χ2v) is 7.32. The fourth-order valence-electron chi connectivity index (χ4n) is 3.65. The van der Waals surface area contributed by atoms with Crippen LogP contribution in [0.4, 0.5) is 5.95 Å². The number of phenols is 1. The van der Waals surface area contributed by atoms with Gasteiger partial charge in [-0.05, 0) is 31.0 Å². The number of methoxy groups -OCH3 is 1. The van der Waals surface area contributed by atoms with Gasteiger partial charge in [0.05, 0.1) is 19.0 Å². The lowest BCUT2D eigenvalue weighted by Gasteiger charge is -2.19. The van der Waals surface area contributed by atoms with E-state index in [9.17, 15) is 5.11 Å². The Labute approximate surface area is 169 Å². The van der Waals surface area contributed by atoms with E-state index < -0.39 is 0 Å². The predicted octanol–water partition coefficient (Wildman–Crippen LogP) is 1.84. The second-order valence-electron chi connectivity index (χ2n) is 7.32. The molecule has 152 valence electrons. The van der Waals surface area contributed by atoms with Gasteiger partial charge in [-0.25, -0.2) is 4.98 Å². The van der Waals surface area contributed by atoms with Gasteiger partial charge in [-0.1, -0.05) is 6.07 Å². The molecule has 2 aromatic heterocycles. The number of anilines is 1. The van der Waals surface area contributed by atoms with E-state index in [-0.39, 0.29) is 5.75 Å². The van der Waals surface area contributed by atoms with Crippen LogP contribution in [0.2, 0.25) is 0 Å². The van der Waals surface area contributed by atoms with Gasteiger partial charge in [0.1, 0.15) is 11.4 Å². The zero-order valence-corrected chi connectivity index (χ0v) is 16.5. The summed E-state index contributed by atoms with van der Waals surface area (Å²) in [4.78, 5) is 6.60. The maximum Gasteiger partial charge on any atom is 0.245 e. The third kappa shape index (κ3) is 4.36. The fourth-order valence-corrected chi connectivity index (χ4v) is 3.65. The van der Waals surface area contributed by atoms with Crippen LogP contribution in [0.5, 0.6) is 5.75 Å². The molecule has 1 fully saturated rings. The van der Waals surface area contributed by atoms with E-state index in [2.05, 4.69) is 42.5 Å². The molecule has 0 spiro atoms. The minimum Gasteiger partial charge on any atom is -0.507 e. The third-order valence-electron chi connectivity index (χ3n) is 5.06. The van der Waals surface area contributed by atoms with Gasteiger partial charge in [0.2, 0.25) is 5.95 Å². The summed E-state index contributed by atoms with van der Waals surface area (Å²) in [5, 5.41) is 29.3. The molecule has 9 nitrogen and oxygen atoms in total. The molecule has 0 bridgehead atoms. The second kappa shape index (κ2) is 8.54. The van der Waals surface area contributed by atoms with Crippen molar-refractivity contribution in [1.82, 2.24) is 30.7 Å². The minimum atomic E-state index is 0.130. The van der Waals surface area contributed by atoms with Gasteiger partial charge in [-0.2, -0.15) is 5.10 Å². The first-order valence-corrected chi connectivity index (χ1v) is 9.66. The van der Waals surface area contributed by atoms with E-state index in [0.29, 0.717) is 35.9 Å². The lowest BCUT2D eigenvalue weighted by molar-refractivity contribution is 0.167. The Hall–Kier alpha value is -3.04. The molecule has 2 atom stereocenters. The molecule has 1 aromatic carbocycles. The fraction of sp³-hybridized carbons (Fsp3) is 0.400. The van der Waals surface area contributed by atoms with Crippen LogP contribution in [0.25, 0.3) is 22.4 Å². The monoisotopic (exact) mass is 395 g/mol. The van der Waals surface area contributed by atoms with Crippen LogP contribution < -0.4 is 10.2 Å². The van der Waals surface area contributed by atoms with Gasteiger partial charge in [-0.15, -0.1) is 10.2 Å². The molecule has 3 heterocycles. The molecule has 4 rings (SSSR count). The topological polar surface area (TPSA) is 112 Å². The number of aromatic hydroxyl groups is 1. The number of benzene rings is 1. The van der Waals surface area contributed by atoms with Crippen LogP contribution >= 0.6 is 0 Å². The molecule has 0 saturated carbocycles. The largest absolute Gasteiger partial charge is 0.507 e. The quantitative estimate of drug-likeness (QED) is 0.556. The van der Waals surface area contributed by atoms with E-state index in [1.165, 1.54) is 0 Å². The van der Waals surface area contributed by atoms with Crippen LogP contribution in [-0.2, 0) is 4.74 Å². The molecule has 1 saturated heterocycles. The van der Waals surface area contributed by atoms with E-state index >= 15 is 0 Å². The van der Waals surface area contributed by atoms with Crippen molar-refractivity contribution in [2.75, 3.05) is 31.7 Å². The van der Waals surface area contributed by atoms with Gasteiger partial charge < -0.3 is 20.1 Å². The number of nitrogens with zero attached hydrogens (tertiary/aromatic N) is 5. The molecule has 1 aliphatic rings. The Morgan fingerprint density at radius 2 is 2.21 bits per heavy atom. The SMILES string of the molecule is COCC(C)NC1CCN(c2ncc(-c3ccc(-c4cn[nH]c4)cc3O)nn2)C1. The third-order valence-corrected chi connectivity index (χ3v) is 5.06. The van der Waals surface area contributed by atoms with Crippen LogP contribution in [0.1, 0.15) is 13.3 Å². The Morgan fingerprint density at radius 1 is 1.31 bits per heavy atom. The van der Waals surface area contributed by atoms with Gasteiger partial charge in [0.15, 0.2) is 0 Å². The minimum absolute atomic E-state index is 0.130. The van der Waals surface area contributed by atoms with Crippen molar-refractivity contribution < 1.29 is 9.84 Å². The molecule has 9 heteroatoms. The van der Waals surface area contributed by atoms with Crippen molar-refractivity contribution in [2.45, 2.75) is 25.4 Å². The summed E-state index contributed by atoms with van der Waals surface area (Å²) in [7, 11) is 1.71. The first-order chi connectivity index (χ1) is 14.1. The Morgan fingerprint density at radius 3 is 2.90 bits per heavy atom. The zero-order chi connectivity index (χ0) is 20.2. The maximum absolute atomic E-state index is 10.4. The number of hydrogen-bond acceptors (Lipinski definition) is 8. The first kappa shape index (κ1) is 19.3. The first-order valence-electron chi connectivity index (χ1n) is 9.66. The van der Waals surface area contributed by atoms with Crippen molar-refractivity contribution in [2.24, 2.45) is 0 Å². The lowest BCUT2D eigenvalue weighted by atomic mass is 10.0. The average Bonchev–Trinajstić information content (AvgIpc) is 3.41. The number of nitrogens with one attached hydrogen (secondary N) is 2. The highest BCUT2D eigenvalue weighted by molar-refractivity contribution is 5.73. The van der Waals surface area contributed by atoms with Crippen LogP contribution in [0, 0.1) is 0 Å². The standard InChI is InChI=1S/C20H25N7O2/c1-13(12-29-2)24-16-5-6-27(11-16)20-21-10-18(25-26-20)17-4-3-14(7-19(17)28)15-8-22-23-9-15/h3-4,7-10,13,16,24,28H,5-6,11-12H2,1-2H3,(H,22,23). The molecule has 0 radical (unpaired) electrons. The summed E-state index contributed by atoms with van der Waals surface area (Å²) in [6, 6.07) is 6.10. The average molecular weight is 395 g/mol. The number of rotatable bonds is 7. The van der Waals surface area contributed by atoms with E-state index in [0.717, 1.165) is 30.6 Å². The predicted molar refractivity (Wildman–Crippen MR) is 110 cm³/mol.